The number of anilines is 4. The van der Waals surface area contributed by atoms with E-state index in [-0.39, 0.29) is 5.97 Å². The zero-order valence-electron chi connectivity index (χ0n) is 19.9. The zero-order valence-corrected chi connectivity index (χ0v) is 20.7. The number of benzene rings is 1. The third-order valence-electron chi connectivity index (χ3n) is 5.50. The number of ether oxygens (including phenoxy) is 1. The van der Waals surface area contributed by atoms with Crippen molar-refractivity contribution in [1.29, 1.82) is 0 Å². The molecule has 9 heteroatoms. The fourth-order valence-corrected chi connectivity index (χ4v) is 4.20. The minimum atomic E-state index is -0.784. The van der Waals surface area contributed by atoms with Gasteiger partial charge in [0.1, 0.15) is 27.5 Å². The largest absolute Gasteiger partial charge is 0.468 e. The smallest absolute Gasteiger partial charge is 0.325 e. The predicted octanol–water partition coefficient (Wildman–Crippen LogP) is 4.95. The van der Waals surface area contributed by atoms with Crippen LogP contribution in [0.2, 0.25) is 0 Å². The lowest BCUT2D eigenvalue weighted by Gasteiger charge is -2.23. The summed E-state index contributed by atoms with van der Waals surface area (Å²) in [6, 6.07) is 16.1. The summed E-state index contributed by atoms with van der Waals surface area (Å²) in [5.41, 5.74) is 3.32. The van der Waals surface area contributed by atoms with Crippen LogP contribution in [0.3, 0.4) is 0 Å². The number of fused-ring (bicyclic) bond motifs is 1. The molecule has 4 rings (SSSR count). The summed E-state index contributed by atoms with van der Waals surface area (Å²) in [6.07, 6.45) is 1.73. The van der Waals surface area contributed by atoms with Crippen LogP contribution in [-0.4, -0.2) is 40.6 Å². The van der Waals surface area contributed by atoms with Crippen molar-refractivity contribution in [3.63, 3.8) is 0 Å². The molecule has 0 saturated carbocycles. The number of methoxy groups -OCH3 is 1. The standard InChI is InChI=1S/C25H28N6O2S/c1-16-6-8-18(9-7-16)31(4)21-11-10-19-22(30-21)34-24(28-19)29-20-14-17(12-13-26-20)15-27-25(2,3)23(32)33-5/h6-14,27H,15H2,1-5H3,(H,26,28,29). The Labute approximate surface area is 203 Å². The number of esters is 1. The minimum Gasteiger partial charge on any atom is -0.468 e. The van der Waals surface area contributed by atoms with E-state index in [1.54, 1.807) is 20.0 Å². The Morgan fingerprint density at radius 2 is 1.88 bits per heavy atom. The van der Waals surface area contributed by atoms with Crippen molar-refractivity contribution in [1.82, 2.24) is 20.3 Å². The maximum atomic E-state index is 11.9. The maximum absolute atomic E-state index is 11.9. The third kappa shape index (κ3) is 5.32. The van der Waals surface area contributed by atoms with Crippen molar-refractivity contribution in [2.24, 2.45) is 0 Å². The monoisotopic (exact) mass is 476 g/mol. The van der Waals surface area contributed by atoms with Gasteiger partial charge in [-0.15, -0.1) is 0 Å². The Bertz CT molecular complexity index is 1300. The fourth-order valence-electron chi connectivity index (χ4n) is 3.36. The molecule has 0 fully saturated rings. The van der Waals surface area contributed by atoms with E-state index < -0.39 is 5.54 Å². The summed E-state index contributed by atoms with van der Waals surface area (Å²) in [5, 5.41) is 7.20. The number of thiazole rings is 1. The van der Waals surface area contributed by atoms with Crippen LogP contribution in [0.15, 0.2) is 54.7 Å². The quantitative estimate of drug-likeness (QED) is 0.345. The van der Waals surface area contributed by atoms with Crippen molar-refractivity contribution in [3.05, 3.63) is 65.9 Å². The molecule has 0 bridgehead atoms. The second kappa shape index (κ2) is 9.74. The number of aromatic nitrogens is 3. The van der Waals surface area contributed by atoms with Crippen molar-refractivity contribution >= 4 is 50.1 Å². The molecule has 3 heterocycles. The van der Waals surface area contributed by atoms with E-state index in [2.05, 4.69) is 56.7 Å². The lowest BCUT2D eigenvalue weighted by Crippen LogP contribution is -2.46. The second-order valence-electron chi connectivity index (χ2n) is 8.55. The SMILES string of the molecule is COC(=O)C(C)(C)NCc1ccnc(Nc2nc3ccc(N(C)c4ccc(C)cc4)nc3s2)c1. The molecule has 0 saturated heterocycles. The predicted molar refractivity (Wildman–Crippen MR) is 137 cm³/mol. The van der Waals surface area contributed by atoms with Gasteiger partial charge >= 0.3 is 5.97 Å². The molecular weight excluding hydrogens is 448 g/mol. The second-order valence-corrected chi connectivity index (χ2v) is 9.53. The molecule has 1 aromatic carbocycles. The summed E-state index contributed by atoms with van der Waals surface area (Å²) in [6.45, 7) is 6.15. The summed E-state index contributed by atoms with van der Waals surface area (Å²) in [4.78, 5) is 28.6. The van der Waals surface area contributed by atoms with Crippen LogP contribution in [0.25, 0.3) is 10.3 Å². The molecule has 34 heavy (non-hydrogen) atoms. The number of carbonyl (C=O) groups is 1. The van der Waals surface area contributed by atoms with Crippen LogP contribution in [0.1, 0.15) is 25.0 Å². The fraction of sp³-hybridized carbons (Fsp3) is 0.280. The summed E-state index contributed by atoms with van der Waals surface area (Å²) in [5.74, 6) is 1.21. The average molecular weight is 477 g/mol. The van der Waals surface area contributed by atoms with E-state index in [9.17, 15) is 4.79 Å². The van der Waals surface area contributed by atoms with E-state index >= 15 is 0 Å². The average Bonchev–Trinajstić information content (AvgIpc) is 3.24. The number of hydrogen-bond donors (Lipinski definition) is 2. The van der Waals surface area contributed by atoms with E-state index in [1.807, 2.05) is 31.3 Å². The van der Waals surface area contributed by atoms with Gasteiger partial charge in [0.05, 0.1) is 7.11 Å². The highest BCUT2D eigenvalue weighted by atomic mass is 32.1. The van der Waals surface area contributed by atoms with Gasteiger partial charge in [0, 0.05) is 25.5 Å². The number of aryl methyl sites for hydroxylation is 1. The molecule has 3 aromatic heterocycles. The van der Waals surface area contributed by atoms with Gasteiger partial charge in [0.25, 0.3) is 0 Å². The Morgan fingerprint density at radius 3 is 2.62 bits per heavy atom. The van der Waals surface area contributed by atoms with Crippen LogP contribution in [0.4, 0.5) is 22.5 Å². The molecule has 0 spiro atoms. The van der Waals surface area contributed by atoms with Gasteiger partial charge in [-0.1, -0.05) is 29.0 Å². The number of hydrogen-bond acceptors (Lipinski definition) is 9. The lowest BCUT2D eigenvalue weighted by atomic mass is 10.1. The Hall–Kier alpha value is -3.56. The Balaban J connectivity index is 1.48. The summed E-state index contributed by atoms with van der Waals surface area (Å²) >= 11 is 1.47. The molecule has 4 aromatic rings. The number of nitrogens with zero attached hydrogens (tertiary/aromatic N) is 4. The van der Waals surface area contributed by atoms with Gasteiger partial charge in [-0.05, 0) is 62.7 Å². The third-order valence-corrected chi connectivity index (χ3v) is 6.38. The van der Waals surface area contributed by atoms with Crippen LogP contribution in [0, 0.1) is 6.92 Å². The molecule has 0 aliphatic heterocycles. The Morgan fingerprint density at radius 1 is 1.12 bits per heavy atom. The Kier molecular flexibility index (Phi) is 6.76. The molecule has 0 amide bonds. The van der Waals surface area contributed by atoms with Crippen molar-refractivity contribution < 1.29 is 9.53 Å². The van der Waals surface area contributed by atoms with Gasteiger partial charge in [-0.25, -0.2) is 15.0 Å². The number of pyridine rings is 2. The van der Waals surface area contributed by atoms with Crippen LogP contribution < -0.4 is 15.5 Å². The number of carbonyl (C=O) groups excluding carboxylic acids is 1. The van der Waals surface area contributed by atoms with Crippen molar-refractivity contribution in [3.8, 4) is 0 Å². The van der Waals surface area contributed by atoms with Gasteiger partial charge < -0.3 is 15.0 Å². The minimum absolute atomic E-state index is 0.311. The highest BCUT2D eigenvalue weighted by Gasteiger charge is 2.27. The number of rotatable bonds is 8. The van der Waals surface area contributed by atoms with Gasteiger partial charge in [-0.2, -0.15) is 0 Å². The summed E-state index contributed by atoms with van der Waals surface area (Å²) in [7, 11) is 3.39. The van der Waals surface area contributed by atoms with Gasteiger partial charge in [0.2, 0.25) is 0 Å². The first-order chi connectivity index (χ1) is 16.2. The van der Waals surface area contributed by atoms with E-state index in [4.69, 9.17) is 9.72 Å². The van der Waals surface area contributed by atoms with Crippen LogP contribution in [0.5, 0.6) is 0 Å². The van der Waals surface area contributed by atoms with Gasteiger partial charge in [-0.3, -0.25) is 10.1 Å². The molecule has 0 atom stereocenters. The van der Waals surface area contributed by atoms with E-state index in [0.29, 0.717) is 17.5 Å². The maximum Gasteiger partial charge on any atom is 0.325 e. The molecule has 0 radical (unpaired) electrons. The first-order valence-electron chi connectivity index (χ1n) is 10.9. The zero-order chi connectivity index (χ0) is 24.3. The van der Waals surface area contributed by atoms with Gasteiger partial charge in [0.15, 0.2) is 5.13 Å². The first kappa shape index (κ1) is 23.6. The van der Waals surface area contributed by atoms with Crippen molar-refractivity contribution in [2.75, 3.05) is 24.4 Å². The normalized spacial score (nSPS) is 11.4. The topological polar surface area (TPSA) is 92.3 Å². The van der Waals surface area contributed by atoms with E-state index in [1.165, 1.54) is 24.0 Å². The summed E-state index contributed by atoms with van der Waals surface area (Å²) < 4.78 is 4.85. The highest BCUT2D eigenvalue weighted by molar-refractivity contribution is 7.21. The molecule has 8 nitrogen and oxygen atoms in total. The number of nitrogens with one attached hydrogen (secondary N) is 2. The molecule has 0 unspecified atom stereocenters. The highest BCUT2D eigenvalue weighted by Crippen LogP contribution is 2.30. The molecular formula is C25H28N6O2S. The lowest BCUT2D eigenvalue weighted by molar-refractivity contribution is -0.147. The molecule has 0 aliphatic carbocycles. The van der Waals surface area contributed by atoms with E-state index in [0.717, 1.165) is 27.4 Å². The van der Waals surface area contributed by atoms with Crippen molar-refractivity contribution in [2.45, 2.75) is 32.9 Å². The molecule has 2 N–H and O–H groups in total. The molecule has 176 valence electrons. The molecule has 0 aliphatic rings. The van der Waals surface area contributed by atoms with Crippen LogP contribution in [-0.2, 0) is 16.1 Å². The first-order valence-corrected chi connectivity index (χ1v) is 11.7. The van der Waals surface area contributed by atoms with Crippen LogP contribution >= 0.6 is 11.3 Å².